The minimum Gasteiger partial charge on any atom is -0.336 e. The fourth-order valence-corrected chi connectivity index (χ4v) is 4.18. The summed E-state index contributed by atoms with van der Waals surface area (Å²) in [4.78, 5) is 4.10. The van der Waals surface area contributed by atoms with E-state index in [1.807, 2.05) is 0 Å². The summed E-state index contributed by atoms with van der Waals surface area (Å²) in [5, 5.41) is 0. The normalized spacial score (nSPS) is 12.9. The van der Waals surface area contributed by atoms with Crippen LogP contribution in [0.25, 0.3) is 22.2 Å². The second-order valence-corrected chi connectivity index (χ2v) is 8.90. The lowest BCUT2D eigenvalue weighted by Crippen LogP contribution is -2.22. The van der Waals surface area contributed by atoms with E-state index in [1.165, 1.54) is 44.4 Å². The summed E-state index contributed by atoms with van der Waals surface area (Å²) in [6.45, 7) is 1.74. The van der Waals surface area contributed by atoms with Crippen LogP contribution in [0.15, 0.2) is 53.2 Å². The van der Waals surface area contributed by atoms with E-state index in [2.05, 4.69) is 4.98 Å². The number of rotatable bonds is 6. The van der Waals surface area contributed by atoms with Gasteiger partial charge in [0.15, 0.2) is 0 Å². The Morgan fingerprint density at radius 3 is 2.66 bits per heavy atom. The number of benzene rings is 1. The number of nitrogens with zero attached hydrogens (tertiary/aromatic N) is 3. The lowest BCUT2D eigenvalue weighted by atomic mass is 10.1. The Labute approximate surface area is 168 Å². The smallest absolute Gasteiger partial charge is 0.242 e. The molecule has 0 aliphatic heterocycles. The summed E-state index contributed by atoms with van der Waals surface area (Å²) in [7, 11) is -0.758. The highest BCUT2D eigenvalue weighted by Crippen LogP contribution is 2.35. The second-order valence-electron chi connectivity index (χ2n) is 6.75. The van der Waals surface area contributed by atoms with Crippen LogP contribution in [0.1, 0.15) is 5.69 Å². The fraction of sp³-hybridized carbons (Fsp3) is 0.250. The van der Waals surface area contributed by atoms with E-state index in [9.17, 15) is 17.2 Å². The van der Waals surface area contributed by atoms with Crippen LogP contribution in [0.5, 0.6) is 0 Å². The second kappa shape index (κ2) is 8.02. The predicted molar refractivity (Wildman–Crippen MR) is 109 cm³/mol. The third-order valence-electron chi connectivity index (χ3n) is 4.68. The summed E-state index contributed by atoms with van der Waals surface area (Å²) < 4.78 is 55.9. The van der Waals surface area contributed by atoms with E-state index in [1.54, 1.807) is 23.6 Å². The van der Waals surface area contributed by atoms with E-state index in [0.717, 1.165) is 4.31 Å². The molecule has 6 nitrogen and oxygen atoms in total. The van der Waals surface area contributed by atoms with Gasteiger partial charge in [0.2, 0.25) is 16.0 Å². The molecule has 2 aromatic heterocycles. The van der Waals surface area contributed by atoms with Gasteiger partial charge in [0.1, 0.15) is 5.83 Å². The molecule has 2 heterocycles. The summed E-state index contributed by atoms with van der Waals surface area (Å²) in [5.74, 6) is -1.10. The minimum atomic E-state index is -3.65. The van der Waals surface area contributed by atoms with Crippen LogP contribution in [-0.4, -0.2) is 42.9 Å². The Hall–Kier alpha value is -2.62. The molecule has 0 bridgehead atoms. The van der Waals surface area contributed by atoms with Crippen molar-refractivity contribution in [3.8, 4) is 11.1 Å². The Kier molecular flexibility index (Phi) is 5.83. The number of sulfonamides is 1. The van der Waals surface area contributed by atoms with Crippen molar-refractivity contribution in [2.45, 2.75) is 18.4 Å². The maximum Gasteiger partial charge on any atom is 0.242 e. The monoisotopic (exact) mass is 420 g/mol. The molecule has 3 rings (SSSR count). The van der Waals surface area contributed by atoms with Crippen molar-refractivity contribution in [1.29, 1.82) is 0 Å². The third-order valence-corrected chi connectivity index (χ3v) is 6.50. The SMILES string of the molecule is Cc1c(-c2cccc(S(=O)(=O)N(C)C)c2)c2nc(F)ccc2n1C/C(F)=C/CN. The number of allylic oxidation sites excluding steroid dienone is 1. The van der Waals surface area contributed by atoms with Crippen LogP contribution < -0.4 is 5.73 Å². The van der Waals surface area contributed by atoms with Gasteiger partial charge < -0.3 is 10.3 Å². The zero-order chi connectivity index (χ0) is 21.3. The van der Waals surface area contributed by atoms with E-state index in [-0.39, 0.29) is 18.0 Å². The average molecular weight is 420 g/mol. The minimum absolute atomic E-state index is 0.0637. The number of hydrogen-bond acceptors (Lipinski definition) is 4. The maximum atomic E-state index is 14.2. The Morgan fingerprint density at radius 1 is 1.28 bits per heavy atom. The van der Waals surface area contributed by atoms with E-state index in [0.29, 0.717) is 27.9 Å². The van der Waals surface area contributed by atoms with Crippen molar-refractivity contribution >= 4 is 21.1 Å². The van der Waals surface area contributed by atoms with Gasteiger partial charge in [0.25, 0.3) is 0 Å². The lowest BCUT2D eigenvalue weighted by Gasteiger charge is -2.12. The molecule has 9 heteroatoms. The van der Waals surface area contributed by atoms with Crippen LogP contribution in [0.3, 0.4) is 0 Å². The average Bonchev–Trinajstić information content (AvgIpc) is 2.92. The summed E-state index contributed by atoms with van der Waals surface area (Å²) in [6, 6.07) is 9.08. The standard InChI is InChI=1S/C20H22F2N4O2S/c1-13-19(14-5-4-6-16(11-14)29(27,28)25(2)3)20-17(7-8-18(22)24-20)26(13)12-15(21)9-10-23/h4-9,11H,10,12,23H2,1-3H3/b15-9-. The molecule has 0 unspecified atom stereocenters. The van der Waals surface area contributed by atoms with Gasteiger partial charge in [-0.15, -0.1) is 0 Å². The zero-order valence-electron chi connectivity index (χ0n) is 16.4. The molecule has 0 radical (unpaired) electrons. The molecule has 0 saturated heterocycles. The van der Waals surface area contributed by atoms with Crippen LogP contribution in [-0.2, 0) is 16.6 Å². The number of fused-ring (bicyclic) bond motifs is 1. The highest BCUT2D eigenvalue weighted by Gasteiger charge is 2.22. The Balaban J connectivity index is 2.27. The molecule has 0 spiro atoms. The molecule has 1 aromatic carbocycles. The molecule has 154 valence electrons. The van der Waals surface area contributed by atoms with Crippen molar-refractivity contribution in [3.05, 3.63) is 59.9 Å². The molecule has 29 heavy (non-hydrogen) atoms. The number of nitrogens with two attached hydrogens (primary N) is 1. The van der Waals surface area contributed by atoms with Gasteiger partial charge in [-0.2, -0.15) is 4.39 Å². The number of hydrogen-bond donors (Lipinski definition) is 1. The fourth-order valence-electron chi connectivity index (χ4n) is 3.23. The lowest BCUT2D eigenvalue weighted by molar-refractivity contribution is 0.521. The first-order valence-corrected chi connectivity index (χ1v) is 10.3. The van der Waals surface area contributed by atoms with Gasteiger partial charge in [-0.3, -0.25) is 0 Å². The molecule has 0 fully saturated rings. The summed E-state index contributed by atoms with van der Waals surface area (Å²) in [6.07, 6.45) is 1.27. The summed E-state index contributed by atoms with van der Waals surface area (Å²) >= 11 is 0. The number of pyridine rings is 1. The quantitative estimate of drug-likeness (QED) is 0.621. The van der Waals surface area contributed by atoms with Crippen LogP contribution >= 0.6 is 0 Å². The largest absolute Gasteiger partial charge is 0.336 e. The first-order chi connectivity index (χ1) is 13.7. The van der Waals surface area contributed by atoms with Gasteiger partial charge in [-0.05, 0) is 42.8 Å². The Morgan fingerprint density at radius 2 is 2.00 bits per heavy atom. The van der Waals surface area contributed by atoms with Crippen molar-refractivity contribution in [3.63, 3.8) is 0 Å². The molecule has 0 atom stereocenters. The third kappa shape index (κ3) is 3.93. The first kappa shape index (κ1) is 21.1. The van der Waals surface area contributed by atoms with E-state index >= 15 is 0 Å². The molecule has 0 aliphatic carbocycles. The van der Waals surface area contributed by atoms with Crippen molar-refractivity contribution in [2.24, 2.45) is 5.73 Å². The first-order valence-electron chi connectivity index (χ1n) is 8.89. The van der Waals surface area contributed by atoms with Crippen molar-refractivity contribution < 1.29 is 17.2 Å². The molecule has 0 aliphatic rings. The number of halogens is 2. The van der Waals surface area contributed by atoms with Gasteiger partial charge in [-0.1, -0.05) is 12.1 Å². The highest BCUT2D eigenvalue weighted by molar-refractivity contribution is 7.89. The number of aromatic nitrogens is 2. The van der Waals surface area contributed by atoms with Crippen LogP contribution in [0, 0.1) is 12.9 Å². The zero-order valence-corrected chi connectivity index (χ0v) is 17.2. The van der Waals surface area contributed by atoms with E-state index in [4.69, 9.17) is 5.73 Å². The topological polar surface area (TPSA) is 81.2 Å². The van der Waals surface area contributed by atoms with Gasteiger partial charge in [-0.25, -0.2) is 22.1 Å². The molecule has 2 N–H and O–H groups in total. The van der Waals surface area contributed by atoms with Gasteiger partial charge in [0, 0.05) is 31.9 Å². The maximum absolute atomic E-state index is 14.2. The molecule has 3 aromatic rings. The van der Waals surface area contributed by atoms with Crippen LogP contribution in [0.2, 0.25) is 0 Å². The predicted octanol–water partition coefficient (Wildman–Crippen LogP) is 3.21. The Bertz CT molecular complexity index is 1200. The molecule has 0 saturated carbocycles. The molecular formula is C20H22F2N4O2S. The van der Waals surface area contributed by atoms with Crippen LogP contribution in [0.4, 0.5) is 8.78 Å². The molecular weight excluding hydrogens is 398 g/mol. The summed E-state index contributed by atoms with van der Waals surface area (Å²) in [5.41, 5.74) is 8.00. The highest BCUT2D eigenvalue weighted by atomic mass is 32.2. The van der Waals surface area contributed by atoms with Gasteiger partial charge in [0.05, 0.1) is 22.5 Å². The molecule has 0 amide bonds. The van der Waals surface area contributed by atoms with Gasteiger partial charge >= 0.3 is 0 Å². The van der Waals surface area contributed by atoms with E-state index < -0.39 is 21.8 Å². The van der Waals surface area contributed by atoms with Crippen molar-refractivity contribution in [2.75, 3.05) is 20.6 Å². The van der Waals surface area contributed by atoms with Crippen molar-refractivity contribution in [1.82, 2.24) is 13.9 Å².